The van der Waals surface area contributed by atoms with E-state index >= 15 is 0 Å². The number of nitrogens with zero attached hydrogens (tertiary/aromatic N) is 2. The Morgan fingerprint density at radius 2 is 2.50 bits per heavy atom. The van der Waals surface area contributed by atoms with Gasteiger partial charge in [-0.3, -0.25) is 0 Å². The van der Waals surface area contributed by atoms with Gasteiger partial charge in [-0.1, -0.05) is 0 Å². The summed E-state index contributed by atoms with van der Waals surface area (Å²) < 4.78 is 6.10. The molecule has 0 saturated heterocycles. The molecule has 2 N–H and O–H groups in total. The van der Waals surface area contributed by atoms with Gasteiger partial charge in [-0.25, -0.2) is 9.78 Å². The van der Waals surface area contributed by atoms with Crippen molar-refractivity contribution in [2.24, 2.45) is 0 Å². The number of rotatable bonds is 2. The van der Waals surface area contributed by atoms with Crippen LogP contribution in [0.25, 0.3) is 0 Å². The number of imidazole rings is 1. The van der Waals surface area contributed by atoms with Gasteiger partial charge in [0.1, 0.15) is 6.04 Å². The quantitative estimate of drug-likeness (QED) is 0.642. The van der Waals surface area contributed by atoms with Crippen molar-refractivity contribution in [2.75, 3.05) is 12.8 Å². The molecular weight excluding hydrogens is 158 g/mol. The van der Waals surface area contributed by atoms with E-state index in [1.54, 1.807) is 17.7 Å². The van der Waals surface area contributed by atoms with Gasteiger partial charge in [0.25, 0.3) is 0 Å². The van der Waals surface area contributed by atoms with Crippen molar-refractivity contribution in [2.45, 2.75) is 13.0 Å². The summed E-state index contributed by atoms with van der Waals surface area (Å²) in [6.07, 6.45) is 3.17. The maximum atomic E-state index is 11.0. The van der Waals surface area contributed by atoms with Crippen molar-refractivity contribution < 1.29 is 9.53 Å². The van der Waals surface area contributed by atoms with Gasteiger partial charge in [0.05, 0.1) is 7.11 Å². The number of methoxy groups -OCH3 is 1. The summed E-state index contributed by atoms with van der Waals surface area (Å²) >= 11 is 0. The van der Waals surface area contributed by atoms with Crippen molar-refractivity contribution in [3.05, 3.63) is 12.4 Å². The average Bonchev–Trinajstić information content (AvgIpc) is 2.48. The van der Waals surface area contributed by atoms with Crippen LogP contribution in [0.2, 0.25) is 0 Å². The molecule has 0 aliphatic heterocycles. The standard InChI is InChI=1S/C7H11N3O2/c1-5(6(11)12-2)10-4-3-9-7(10)8/h3-5H,1-2H3,(H2,8,9). The van der Waals surface area contributed by atoms with E-state index in [0.29, 0.717) is 5.95 Å². The van der Waals surface area contributed by atoms with Crippen LogP contribution in [0.1, 0.15) is 13.0 Å². The Morgan fingerprint density at radius 1 is 1.83 bits per heavy atom. The third-order valence-corrected chi connectivity index (χ3v) is 1.66. The summed E-state index contributed by atoms with van der Waals surface area (Å²) in [4.78, 5) is 14.8. The maximum Gasteiger partial charge on any atom is 0.328 e. The van der Waals surface area contributed by atoms with Gasteiger partial charge in [-0.2, -0.15) is 0 Å². The van der Waals surface area contributed by atoms with Crippen LogP contribution in [0, 0.1) is 0 Å². The van der Waals surface area contributed by atoms with E-state index in [4.69, 9.17) is 5.73 Å². The van der Waals surface area contributed by atoms with Gasteiger partial charge in [-0.15, -0.1) is 0 Å². The molecule has 1 heterocycles. The molecule has 0 fully saturated rings. The highest BCUT2D eigenvalue weighted by molar-refractivity contribution is 5.74. The van der Waals surface area contributed by atoms with Crippen molar-refractivity contribution in [3.63, 3.8) is 0 Å². The van der Waals surface area contributed by atoms with E-state index in [9.17, 15) is 4.79 Å². The number of hydrogen-bond donors (Lipinski definition) is 1. The summed E-state index contributed by atoms with van der Waals surface area (Å²) in [7, 11) is 1.34. The van der Waals surface area contributed by atoms with E-state index in [0.717, 1.165) is 0 Å². The van der Waals surface area contributed by atoms with Gasteiger partial charge >= 0.3 is 5.97 Å². The van der Waals surface area contributed by atoms with Gasteiger partial charge < -0.3 is 15.0 Å². The fraction of sp³-hybridized carbons (Fsp3) is 0.429. The molecule has 0 bridgehead atoms. The predicted octanol–water partition coefficient (Wildman–Crippen LogP) is 0.199. The molecule has 0 aromatic carbocycles. The van der Waals surface area contributed by atoms with E-state index in [2.05, 4.69) is 9.72 Å². The van der Waals surface area contributed by atoms with Crippen LogP contribution in [-0.4, -0.2) is 22.6 Å². The predicted molar refractivity (Wildman–Crippen MR) is 43.4 cm³/mol. The molecule has 0 aliphatic rings. The summed E-state index contributed by atoms with van der Waals surface area (Å²) in [5.41, 5.74) is 5.48. The molecule has 12 heavy (non-hydrogen) atoms. The zero-order chi connectivity index (χ0) is 9.14. The van der Waals surface area contributed by atoms with Gasteiger partial charge in [0.2, 0.25) is 5.95 Å². The van der Waals surface area contributed by atoms with Crippen LogP contribution in [0.15, 0.2) is 12.4 Å². The fourth-order valence-electron chi connectivity index (χ4n) is 0.936. The highest BCUT2D eigenvalue weighted by Crippen LogP contribution is 2.11. The number of esters is 1. The van der Waals surface area contributed by atoms with Crippen molar-refractivity contribution in [1.29, 1.82) is 0 Å². The summed E-state index contributed by atoms with van der Waals surface area (Å²) in [5, 5.41) is 0. The number of aromatic nitrogens is 2. The molecule has 0 saturated carbocycles. The number of nitrogen functional groups attached to an aromatic ring is 1. The summed E-state index contributed by atoms with van der Waals surface area (Å²) in [6.45, 7) is 1.70. The number of hydrogen-bond acceptors (Lipinski definition) is 4. The normalized spacial score (nSPS) is 12.5. The smallest absolute Gasteiger partial charge is 0.328 e. The Labute approximate surface area is 70.1 Å². The summed E-state index contributed by atoms with van der Waals surface area (Å²) in [6, 6.07) is -0.419. The van der Waals surface area contributed by atoms with Crippen LogP contribution in [0.3, 0.4) is 0 Å². The van der Waals surface area contributed by atoms with E-state index in [1.807, 2.05) is 0 Å². The van der Waals surface area contributed by atoms with Crippen LogP contribution >= 0.6 is 0 Å². The van der Waals surface area contributed by atoms with Crippen LogP contribution in [0.4, 0.5) is 5.95 Å². The zero-order valence-electron chi connectivity index (χ0n) is 7.02. The van der Waals surface area contributed by atoms with Crippen LogP contribution < -0.4 is 5.73 Å². The topological polar surface area (TPSA) is 70.1 Å². The first kappa shape index (κ1) is 8.58. The minimum Gasteiger partial charge on any atom is -0.467 e. The molecule has 0 spiro atoms. The Balaban J connectivity index is 2.84. The molecule has 1 aromatic heterocycles. The Bertz CT molecular complexity index is 282. The number of anilines is 1. The first-order valence-corrected chi connectivity index (χ1v) is 3.53. The second kappa shape index (κ2) is 3.25. The van der Waals surface area contributed by atoms with E-state index in [-0.39, 0.29) is 5.97 Å². The van der Waals surface area contributed by atoms with Gasteiger partial charge in [0.15, 0.2) is 0 Å². The molecule has 5 nitrogen and oxygen atoms in total. The first-order chi connectivity index (χ1) is 5.66. The summed E-state index contributed by atoms with van der Waals surface area (Å²) in [5.74, 6) is -0.0207. The molecule has 1 aromatic rings. The number of carbonyl (C=O) groups excluding carboxylic acids is 1. The van der Waals surface area contributed by atoms with Crippen LogP contribution in [-0.2, 0) is 9.53 Å². The highest BCUT2D eigenvalue weighted by atomic mass is 16.5. The SMILES string of the molecule is COC(=O)C(C)n1ccnc1N. The largest absolute Gasteiger partial charge is 0.467 e. The molecule has 0 radical (unpaired) electrons. The lowest BCUT2D eigenvalue weighted by molar-refractivity contribution is -0.143. The Kier molecular flexibility index (Phi) is 2.32. The molecule has 1 atom stereocenters. The molecule has 0 amide bonds. The molecule has 66 valence electrons. The van der Waals surface area contributed by atoms with Crippen molar-refractivity contribution >= 4 is 11.9 Å². The molecule has 5 heteroatoms. The van der Waals surface area contributed by atoms with E-state index < -0.39 is 6.04 Å². The number of carbonyl (C=O) groups is 1. The van der Waals surface area contributed by atoms with Gasteiger partial charge in [0, 0.05) is 12.4 Å². The number of nitrogens with two attached hydrogens (primary N) is 1. The maximum absolute atomic E-state index is 11.0. The minimum atomic E-state index is -0.419. The number of ether oxygens (including phenoxy) is 1. The van der Waals surface area contributed by atoms with E-state index in [1.165, 1.54) is 13.3 Å². The monoisotopic (exact) mass is 169 g/mol. The molecule has 1 rings (SSSR count). The molecule has 1 unspecified atom stereocenters. The molecule has 0 aliphatic carbocycles. The van der Waals surface area contributed by atoms with Crippen molar-refractivity contribution in [1.82, 2.24) is 9.55 Å². The lowest BCUT2D eigenvalue weighted by Crippen LogP contribution is -2.18. The Morgan fingerprint density at radius 3 is 2.92 bits per heavy atom. The second-order valence-corrected chi connectivity index (χ2v) is 2.39. The molecular formula is C7H11N3O2. The first-order valence-electron chi connectivity index (χ1n) is 3.53. The zero-order valence-corrected chi connectivity index (χ0v) is 7.02. The average molecular weight is 169 g/mol. The third kappa shape index (κ3) is 1.39. The van der Waals surface area contributed by atoms with Crippen LogP contribution in [0.5, 0.6) is 0 Å². The van der Waals surface area contributed by atoms with Gasteiger partial charge in [-0.05, 0) is 6.92 Å². The minimum absolute atomic E-state index is 0.313. The van der Waals surface area contributed by atoms with Crippen molar-refractivity contribution in [3.8, 4) is 0 Å². The fourth-order valence-corrected chi connectivity index (χ4v) is 0.936. The third-order valence-electron chi connectivity index (χ3n) is 1.66. The lowest BCUT2D eigenvalue weighted by atomic mass is 10.3. The Hall–Kier alpha value is -1.52. The lowest BCUT2D eigenvalue weighted by Gasteiger charge is -2.11. The highest BCUT2D eigenvalue weighted by Gasteiger charge is 2.16. The second-order valence-electron chi connectivity index (χ2n) is 2.39.